The van der Waals surface area contributed by atoms with Crippen LogP contribution in [0.3, 0.4) is 0 Å². The van der Waals surface area contributed by atoms with Gasteiger partial charge in [0.25, 0.3) is 0 Å². The van der Waals surface area contributed by atoms with Gasteiger partial charge in [0.05, 0.1) is 5.56 Å². The number of halogens is 6. The predicted molar refractivity (Wildman–Crippen MR) is 71.8 cm³/mol. The van der Waals surface area contributed by atoms with E-state index in [2.05, 4.69) is 10.2 Å². The lowest BCUT2D eigenvalue weighted by molar-refractivity contribution is -0.142. The quantitative estimate of drug-likeness (QED) is 0.588. The molecule has 0 saturated heterocycles. The molecular weight excluding hydrogens is 344 g/mol. The van der Waals surface area contributed by atoms with Crippen molar-refractivity contribution in [2.75, 3.05) is 0 Å². The number of hydrogen-bond donors (Lipinski definition) is 0. The summed E-state index contributed by atoms with van der Waals surface area (Å²) < 4.78 is 75.6. The molecule has 0 aliphatic carbocycles. The van der Waals surface area contributed by atoms with Crippen molar-refractivity contribution >= 4 is 11.8 Å². The maximum absolute atomic E-state index is 12.5. The Kier molecular flexibility index (Phi) is 4.92. The summed E-state index contributed by atoms with van der Waals surface area (Å²) in [5.74, 6) is 0. The Morgan fingerprint density at radius 3 is 2.22 bits per heavy atom. The van der Waals surface area contributed by atoms with E-state index in [1.807, 2.05) is 0 Å². The highest BCUT2D eigenvalue weighted by atomic mass is 32.2. The van der Waals surface area contributed by atoms with Crippen LogP contribution < -0.4 is 0 Å². The van der Waals surface area contributed by atoms with E-state index in [1.165, 1.54) is 12.1 Å². The topological polar surface area (TPSA) is 30.7 Å². The molecule has 126 valence electrons. The van der Waals surface area contributed by atoms with Crippen LogP contribution in [-0.2, 0) is 12.7 Å². The van der Waals surface area contributed by atoms with E-state index >= 15 is 0 Å². The van der Waals surface area contributed by atoms with Gasteiger partial charge in [-0.2, -0.15) is 26.3 Å². The molecule has 23 heavy (non-hydrogen) atoms. The maximum Gasteiger partial charge on any atom is 0.416 e. The molecule has 1 unspecified atom stereocenters. The van der Waals surface area contributed by atoms with Crippen molar-refractivity contribution in [2.45, 2.75) is 36.2 Å². The highest BCUT2D eigenvalue weighted by molar-refractivity contribution is 7.99. The molecule has 0 fully saturated rings. The van der Waals surface area contributed by atoms with Crippen LogP contribution in [0, 0.1) is 0 Å². The molecule has 0 spiro atoms. The average molecular weight is 355 g/mol. The fraction of sp³-hybridized carbons (Fsp3) is 0.385. The second-order valence-electron chi connectivity index (χ2n) is 4.74. The van der Waals surface area contributed by atoms with Gasteiger partial charge in [-0.05, 0) is 24.6 Å². The van der Waals surface area contributed by atoms with Crippen molar-refractivity contribution in [1.82, 2.24) is 14.8 Å². The van der Waals surface area contributed by atoms with Gasteiger partial charge in [0.2, 0.25) is 0 Å². The summed E-state index contributed by atoms with van der Waals surface area (Å²) in [6.07, 6.45) is -7.87. The highest BCUT2D eigenvalue weighted by Gasteiger charge is 2.31. The molecule has 0 bridgehead atoms. The smallest absolute Gasteiger partial charge is 0.299 e. The summed E-state index contributed by atoms with van der Waals surface area (Å²) in [6.45, 7) is 0.446. The zero-order chi connectivity index (χ0) is 17.3. The minimum absolute atomic E-state index is 0.0507. The first-order valence-electron chi connectivity index (χ1n) is 6.34. The van der Waals surface area contributed by atoms with Crippen LogP contribution in [0.4, 0.5) is 26.3 Å². The summed E-state index contributed by atoms with van der Waals surface area (Å²) in [4.78, 5) is 0. The van der Waals surface area contributed by atoms with Crippen molar-refractivity contribution in [2.24, 2.45) is 0 Å². The molecule has 10 heteroatoms. The number of hydrogen-bond acceptors (Lipinski definition) is 3. The van der Waals surface area contributed by atoms with E-state index in [1.54, 1.807) is 6.92 Å². The summed E-state index contributed by atoms with van der Waals surface area (Å²) >= 11 is 0.992. The molecule has 0 saturated carbocycles. The molecule has 0 N–H and O–H groups in total. The molecule has 1 heterocycles. The monoisotopic (exact) mass is 355 g/mol. The number of aromatic nitrogens is 3. The van der Waals surface area contributed by atoms with Crippen LogP contribution >= 0.6 is 11.8 Å². The maximum atomic E-state index is 12.5. The number of alkyl halides is 6. The number of benzene rings is 1. The Morgan fingerprint density at radius 1 is 1.09 bits per heavy atom. The third-order valence-corrected chi connectivity index (χ3v) is 4.07. The molecule has 2 rings (SSSR count). The number of thioether (sulfide) groups is 1. The third-order valence-electron chi connectivity index (χ3n) is 2.92. The molecule has 1 aromatic heterocycles. The van der Waals surface area contributed by atoms with Gasteiger partial charge in [-0.15, -0.1) is 10.2 Å². The SMILES string of the molecule is CC(Sc1nncn1CC(F)(F)F)c1ccc(C(F)(F)F)cc1. The fourth-order valence-corrected chi connectivity index (χ4v) is 2.76. The van der Waals surface area contributed by atoms with E-state index < -0.39 is 24.5 Å². The Bertz CT molecular complexity index is 647. The largest absolute Gasteiger partial charge is 0.416 e. The van der Waals surface area contributed by atoms with Crippen molar-refractivity contribution in [1.29, 1.82) is 0 Å². The molecule has 3 nitrogen and oxygen atoms in total. The Balaban J connectivity index is 2.11. The van der Waals surface area contributed by atoms with E-state index in [0.717, 1.165) is 34.8 Å². The fourth-order valence-electron chi connectivity index (χ4n) is 1.81. The summed E-state index contributed by atoms with van der Waals surface area (Å²) in [6, 6.07) is 4.47. The van der Waals surface area contributed by atoms with Crippen molar-refractivity contribution in [3.05, 3.63) is 41.7 Å². The molecule has 2 aromatic rings. The van der Waals surface area contributed by atoms with Crippen molar-refractivity contribution < 1.29 is 26.3 Å². The van der Waals surface area contributed by atoms with Gasteiger partial charge < -0.3 is 0 Å². The highest BCUT2D eigenvalue weighted by Crippen LogP contribution is 2.36. The molecule has 0 radical (unpaired) electrons. The molecule has 0 amide bonds. The summed E-state index contributed by atoms with van der Waals surface area (Å²) in [7, 11) is 0. The van der Waals surface area contributed by atoms with E-state index in [9.17, 15) is 26.3 Å². The van der Waals surface area contributed by atoms with E-state index in [0.29, 0.717) is 5.56 Å². The zero-order valence-electron chi connectivity index (χ0n) is 11.7. The van der Waals surface area contributed by atoms with Gasteiger partial charge in [-0.25, -0.2) is 0 Å². The van der Waals surface area contributed by atoms with Crippen molar-refractivity contribution in [3.63, 3.8) is 0 Å². The van der Waals surface area contributed by atoms with Gasteiger partial charge in [0.1, 0.15) is 12.9 Å². The van der Waals surface area contributed by atoms with Crippen LogP contribution in [0.5, 0.6) is 0 Å². The molecular formula is C13H11F6N3S. The number of rotatable bonds is 4. The molecule has 0 aliphatic rings. The standard InChI is InChI=1S/C13H11F6N3S/c1-8(9-2-4-10(5-3-9)13(17,18)19)23-11-21-20-7-22(11)6-12(14,15)16/h2-5,7-8H,6H2,1H3. The van der Waals surface area contributed by atoms with Gasteiger partial charge in [0.15, 0.2) is 5.16 Å². The lowest BCUT2D eigenvalue weighted by Crippen LogP contribution is -2.17. The van der Waals surface area contributed by atoms with Gasteiger partial charge in [-0.3, -0.25) is 4.57 Å². The number of nitrogens with zero attached hydrogens (tertiary/aromatic N) is 3. The summed E-state index contributed by atoms with van der Waals surface area (Å²) in [5, 5.41) is 6.73. The van der Waals surface area contributed by atoms with Gasteiger partial charge in [0, 0.05) is 5.25 Å². The van der Waals surface area contributed by atoms with Crippen LogP contribution in [-0.4, -0.2) is 20.9 Å². The first kappa shape index (κ1) is 17.6. The molecule has 0 aliphatic heterocycles. The van der Waals surface area contributed by atoms with Gasteiger partial charge in [-0.1, -0.05) is 23.9 Å². The van der Waals surface area contributed by atoms with Crippen LogP contribution in [0.1, 0.15) is 23.3 Å². The average Bonchev–Trinajstić information content (AvgIpc) is 2.83. The Hall–Kier alpha value is -1.71. The van der Waals surface area contributed by atoms with E-state index in [4.69, 9.17) is 0 Å². The van der Waals surface area contributed by atoms with Gasteiger partial charge >= 0.3 is 12.4 Å². The minimum atomic E-state index is -4.43. The minimum Gasteiger partial charge on any atom is -0.299 e. The third kappa shape index (κ3) is 4.88. The van der Waals surface area contributed by atoms with Crippen LogP contribution in [0.2, 0.25) is 0 Å². The lowest BCUT2D eigenvalue weighted by atomic mass is 10.1. The molecule has 1 atom stereocenters. The zero-order valence-corrected chi connectivity index (χ0v) is 12.5. The van der Waals surface area contributed by atoms with Crippen LogP contribution in [0.15, 0.2) is 35.7 Å². The lowest BCUT2D eigenvalue weighted by Gasteiger charge is -2.14. The Morgan fingerprint density at radius 2 is 1.70 bits per heavy atom. The molecule has 1 aromatic carbocycles. The predicted octanol–water partition coefficient (Wildman–Crippen LogP) is 4.71. The second-order valence-corrected chi connectivity index (χ2v) is 6.04. The van der Waals surface area contributed by atoms with Crippen molar-refractivity contribution in [3.8, 4) is 0 Å². The Labute approximate surface area is 131 Å². The normalized spacial score (nSPS) is 14.0. The summed E-state index contributed by atoms with van der Waals surface area (Å²) in [5.41, 5.74) is -0.233. The van der Waals surface area contributed by atoms with Crippen LogP contribution in [0.25, 0.3) is 0 Å². The first-order valence-corrected chi connectivity index (χ1v) is 7.22. The van der Waals surface area contributed by atoms with E-state index in [-0.39, 0.29) is 10.4 Å². The first-order chi connectivity index (χ1) is 10.6. The second kappa shape index (κ2) is 6.42.